The molecule has 122 valence electrons. The monoisotopic (exact) mass is 335 g/mol. The van der Waals surface area contributed by atoms with E-state index in [2.05, 4.69) is 5.10 Å². The zero-order valence-electron chi connectivity index (χ0n) is 12.7. The first-order valence-corrected chi connectivity index (χ1v) is 7.76. The van der Waals surface area contributed by atoms with E-state index in [1.54, 1.807) is 10.9 Å². The zero-order chi connectivity index (χ0) is 16.4. The minimum atomic E-state index is -0.931. The molecule has 1 aliphatic rings. The van der Waals surface area contributed by atoms with Crippen molar-refractivity contribution < 1.29 is 14.6 Å². The number of benzene rings is 1. The lowest BCUT2D eigenvalue weighted by atomic mass is 10.0. The molecule has 3 rings (SSSR count). The second kappa shape index (κ2) is 6.60. The van der Waals surface area contributed by atoms with E-state index in [9.17, 15) is 9.90 Å². The van der Waals surface area contributed by atoms with Gasteiger partial charge in [-0.1, -0.05) is 23.7 Å². The number of carboxylic acid groups (broad SMARTS) is 1. The third-order valence-electron chi connectivity index (χ3n) is 4.11. The van der Waals surface area contributed by atoms with Gasteiger partial charge in [0.25, 0.3) is 0 Å². The summed E-state index contributed by atoms with van der Waals surface area (Å²) in [6.45, 7) is 0.651. The lowest BCUT2D eigenvalue weighted by molar-refractivity contribution is -0.0583. The van der Waals surface area contributed by atoms with Gasteiger partial charge in [-0.05, 0) is 30.2 Å². The Labute approximate surface area is 139 Å². The normalized spacial score (nSPS) is 21.4. The summed E-state index contributed by atoms with van der Waals surface area (Å²) < 4.78 is 7.61. The Bertz CT molecular complexity index is 686. The van der Waals surface area contributed by atoms with Crippen molar-refractivity contribution in [1.82, 2.24) is 14.7 Å². The molecular formula is C16H18ClN3O3. The standard InChI is InChI=1S/C16H18ClN3O3/c1-19-14(6-7-18-19)15-9-20(16(21)22)13(10-23-15)8-11-2-4-12(17)5-3-11/h2-7,13,15H,8-10H2,1H3,(H,21,22)/t13-,15+/m0/s1. The molecule has 0 radical (unpaired) electrons. The van der Waals surface area contributed by atoms with E-state index in [0.717, 1.165) is 11.3 Å². The Morgan fingerprint density at radius 2 is 2.13 bits per heavy atom. The predicted molar refractivity (Wildman–Crippen MR) is 85.6 cm³/mol. The molecule has 1 N–H and O–H groups in total. The maximum atomic E-state index is 11.6. The van der Waals surface area contributed by atoms with Crippen LogP contribution in [0, 0.1) is 0 Å². The number of halogens is 1. The summed E-state index contributed by atoms with van der Waals surface area (Å²) in [4.78, 5) is 13.1. The Hall–Kier alpha value is -2.05. The Morgan fingerprint density at radius 1 is 1.39 bits per heavy atom. The minimum absolute atomic E-state index is 0.210. The van der Waals surface area contributed by atoms with Crippen LogP contribution in [-0.4, -0.2) is 45.1 Å². The van der Waals surface area contributed by atoms with Crippen LogP contribution >= 0.6 is 11.6 Å². The number of hydrogen-bond acceptors (Lipinski definition) is 3. The average Bonchev–Trinajstić information content (AvgIpc) is 2.96. The van der Waals surface area contributed by atoms with Gasteiger partial charge >= 0.3 is 6.09 Å². The SMILES string of the molecule is Cn1nccc1[C@H]1CN(C(=O)O)[C@@H](Cc2ccc(Cl)cc2)CO1. The highest BCUT2D eigenvalue weighted by atomic mass is 35.5. The Morgan fingerprint density at radius 3 is 2.74 bits per heavy atom. The molecule has 0 saturated carbocycles. The molecule has 1 aliphatic heterocycles. The van der Waals surface area contributed by atoms with Gasteiger partial charge in [-0.25, -0.2) is 4.79 Å². The Kier molecular flexibility index (Phi) is 4.54. The average molecular weight is 336 g/mol. The van der Waals surface area contributed by atoms with E-state index >= 15 is 0 Å². The molecule has 0 bridgehead atoms. The first-order valence-electron chi connectivity index (χ1n) is 7.38. The lowest BCUT2D eigenvalue weighted by Crippen LogP contribution is -2.50. The summed E-state index contributed by atoms with van der Waals surface area (Å²) in [6, 6.07) is 9.09. The maximum absolute atomic E-state index is 11.6. The number of ether oxygens (including phenoxy) is 1. The van der Waals surface area contributed by atoms with Crippen LogP contribution in [0.5, 0.6) is 0 Å². The highest BCUT2D eigenvalue weighted by Crippen LogP contribution is 2.26. The first-order chi connectivity index (χ1) is 11.0. The third kappa shape index (κ3) is 3.48. The fraction of sp³-hybridized carbons (Fsp3) is 0.375. The molecule has 2 aromatic rings. The number of aromatic nitrogens is 2. The van der Waals surface area contributed by atoms with Crippen LogP contribution in [0.4, 0.5) is 4.79 Å². The van der Waals surface area contributed by atoms with Crippen LogP contribution in [0.15, 0.2) is 36.5 Å². The highest BCUT2D eigenvalue weighted by molar-refractivity contribution is 6.30. The number of hydrogen-bond donors (Lipinski definition) is 1. The zero-order valence-corrected chi connectivity index (χ0v) is 13.5. The molecule has 1 aromatic heterocycles. The van der Waals surface area contributed by atoms with Gasteiger partial charge in [-0.15, -0.1) is 0 Å². The smallest absolute Gasteiger partial charge is 0.407 e. The molecule has 1 saturated heterocycles. The van der Waals surface area contributed by atoms with E-state index in [1.807, 2.05) is 37.4 Å². The van der Waals surface area contributed by atoms with E-state index < -0.39 is 6.09 Å². The third-order valence-corrected chi connectivity index (χ3v) is 4.36. The molecule has 23 heavy (non-hydrogen) atoms. The summed E-state index contributed by atoms with van der Waals surface area (Å²) in [6.07, 6.45) is 1.06. The summed E-state index contributed by atoms with van der Waals surface area (Å²) >= 11 is 5.89. The fourth-order valence-corrected chi connectivity index (χ4v) is 3.00. The number of aryl methyl sites for hydroxylation is 1. The van der Waals surface area contributed by atoms with Crippen molar-refractivity contribution in [2.24, 2.45) is 7.05 Å². The van der Waals surface area contributed by atoms with Crippen molar-refractivity contribution in [3.8, 4) is 0 Å². The van der Waals surface area contributed by atoms with Gasteiger partial charge in [-0.2, -0.15) is 5.10 Å². The van der Waals surface area contributed by atoms with Gasteiger partial charge in [0, 0.05) is 18.3 Å². The molecule has 0 aliphatic carbocycles. The molecule has 0 unspecified atom stereocenters. The summed E-state index contributed by atoms with van der Waals surface area (Å²) in [5.41, 5.74) is 1.91. The molecule has 0 spiro atoms. The molecular weight excluding hydrogens is 318 g/mol. The van der Waals surface area contributed by atoms with Gasteiger partial charge in [0.1, 0.15) is 6.10 Å². The van der Waals surface area contributed by atoms with Crippen molar-refractivity contribution in [2.75, 3.05) is 13.2 Å². The number of amides is 1. The van der Waals surface area contributed by atoms with Crippen molar-refractivity contribution in [1.29, 1.82) is 0 Å². The van der Waals surface area contributed by atoms with Crippen molar-refractivity contribution in [3.05, 3.63) is 52.8 Å². The quantitative estimate of drug-likeness (QED) is 0.936. The van der Waals surface area contributed by atoms with Crippen molar-refractivity contribution in [3.63, 3.8) is 0 Å². The number of carbonyl (C=O) groups is 1. The molecule has 6 nitrogen and oxygen atoms in total. The molecule has 2 heterocycles. The minimum Gasteiger partial charge on any atom is -0.465 e. The molecule has 1 fully saturated rings. The molecule has 2 atom stereocenters. The van der Waals surface area contributed by atoms with E-state index in [-0.39, 0.29) is 12.1 Å². The van der Waals surface area contributed by atoms with Gasteiger partial charge in [-0.3, -0.25) is 9.58 Å². The van der Waals surface area contributed by atoms with E-state index in [1.165, 1.54) is 4.90 Å². The van der Waals surface area contributed by atoms with Crippen molar-refractivity contribution in [2.45, 2.75) is 18.6 Å². The van der Waals surface area contributed by atoms with Crippen LogP contribution in [0.2, 0.25) is 5.02 Å². The fourth-order valence-electron chi connectivity index (χ4n) is 2.87. The summed E-state index contributed by atoms with van der Waals surface area (Å²) in [7, 11) is 1.82. The van der Waals surface area contributed by atoms with Crippen LogP contribution < -0.4 is 0 Å². The maximum Gasteiger partial charge on any atom is 0.407 e. The van der Waals surface area contributed by atoms with Crippen LogP contribution in [0.1, 0.15) is 17.4 Å². The van der Waals surface area contributed by atoms with Crippen LogP contribution in [0.25, 0.3) is 0 Å². The Balaban J connectivity index is 1.74. The second-order valence-electron chi connectivity index (χ2n) is 5.62. The lowest BCUT2D eigenvalue weighted by Gasteiger charge is -2.38. The second-order valence-corrected chi connectivity index (χ2v) is 6.06. The molecule has 1 aromatic carbocycles. The van der Waals surface area contributed by atoms with Gasteiger partial charge in [0.2, 0.25) is 0 Å². The number of rotatable bonds is 3. The van der Waals surface area contributed by atoms with E-state index in [4.69, 9.17) is 16.3 Å². The van der Waals surface area contributed by atoms with Gasteiger partial charge in [0.05, 0.1) is 24.9 Å². The first kappa shape index (κ1) is 15.8. The van der Waals surface area contributed by atoms with Crippen LogP contribution in [-0.2, 0) is 18.2 Å². The van der Waals surface area contributed by atoms with Gasteiger partial charge < -0.3 is 9.84 Å². The molecule has 1 amide bonds. The number of nitrogens with zero attached hydrogens (tertiary/aromatic N) is 3. The van der Waals surface area contributed by atoms with Gasteiger partial charge in [0.15, 0.2) is 0 Å². The van der Waals surface area contributed by atoms with E-state index in [0.29, 0.717) is 24.6 Å². The van der Waals surface area contributed by atoms with Crippen molar-refractivity contribution >= 4 is 17.7 Å². The predicted octanol–water partition coefficient (Wildman–Crippen LogP) is 2.74. The molecule has 7 heteroatoms. The summed E-state index contributed by atoms with van der Waals surface area (Å²) in [5, 5.41) is 14.3. The largest absolute Gasteiger partial charge is 0.465 e. The summed E-state index contributed by atoms with van der Waals surface area (Å²) in [5.74, 6) is 0. The topological polar surface area (TPSA) is 67.6 Å². The van der Waals surface area contributed by atoms with Crippen LogP contribution in [0.3, 0.4) is 0 Å². The highest BCUT2D eigenvalue weighted by Gasteiger charge is 2.34. The number of morpholine rings is 1.